The van der Waals surface area contributed by atoms with Crippen LogP contribution in [0.3, 0.4) is 0 Å². The summed E-state index contributed by atoms with van der Waals surface area (Å²) >= 11 is 0. The first kappa shape index (κ1) is 21.8. The van der Waals surface area contributed by atoms with Gasteiger partial charge in [-0.2, -0.15) is 5.10 Å². The Hall–Kier alpha value is -3.87. The summed E-state index contributed by atoms with van der Waals surface area (Å²) in [6, 6.07) is 17.4. The van der Waals surface area contributed by atoms with Gasteiger partial charge in [0.25, 0.3) is 5.91 Å². The molecule has 0 aliphatic heterocycles. The smallest absolute Gasteiger partial charge is 0.340 e. The molecule has 1 aromatic heterocycles. The van der Waals surface area contributed by atoms with Crippen LogP contribution in [0.5, 0.6) is 5.75 Å². The molecule has 0 aliphatic rings. The van der Waals surface area contributed by atoms with Gasteiger partial charge in [0.05, 0.1) is 24.1 Å². The lowest BCUT2D eigenvalue weighted by atomic mass is 10.1. The van der Waals surface area contributed by atoms with Crippen LogP contribution in [0.25, 0.3) is 11.1 Å². The minimum absolute atomic E-state index is 0.183. The second-order valence-corrected chi connectivity index (χ2v) is 6.83. The van der Waals surface area contributed by atoms with Gasteiger partial charge in [0.15, 0.2) is 6.61 Å². The zero-order valence-corrected chi connectivity index (χ0v) is 17.8. The summed E-state index contributed by atoms with van der Waals surface area (Å²) in [6.07, 6.45) is 1.46. The van der Waals surface area contributed by atoms with Gasteiger partial charge in [-0.1, -0.05) is 48.5 Å². The van der Waals surface area contributed by atoms with Crippen molar-refractivity contribution in [2.24, 2.45) is 5.10 Å². The Morgan fingerprint density at radius 2 is 1.77 bits per heavy atom. The van der Waals surface area contributed by atoms with Crippen molar-refractivity contribution >= 4 is 18.1 Å². The normalized spacial score (nSPS) is 10.8. The number of esters is 1. The average molecular weight is 419 g/mol. The van der Waals surface area contributed by atoms with Crippen molar-refractivity contribution < 1.29 is 19.1 Å². The summed E-state index contributed by atoms with van der Waals surface area (Å²) < 4.78 is 10.8. The fraction of sp³-hybridized carbons (Fsp3) is 0.208. The number of hydrogen-bond donors (Lipinski definition) is 2. The zero-order valence-electron chi connectivity index (χ0n) is 17.8. The van der Waals surface area contributed by atoms with E-state index in [1.54, 1.807) is 20.8 Å². The Morgan fingerprint density at radius 1 is 1.06 bits per heavy atom. The molecule has 0 atom stereocenters. The Bertz CT molecular complexity index is 1090. The number of rotatable bonds is 8. The SMILES string of the molecule is CCOC(=O)c1c(C)[nH]c(/C=N/NC(=O)COc2ccccc2-c2ccccc2)c1C. The lowest BCUT2D eigenvalue weighted by Gasteiger charge is -2.10. The minimum Gasteiger partial charge on any atom is -0.483 e. The Morgan fingerprint density at radius 3 is 2.52 bits per heavy atom. The van der Waals surface area contributed by atoms with Crippen molar-refractivity contribution in [2.45, 2.75) is 20.8 Å². The van der Waals surface area contributed by atoms with Gasteiger partial charge in [0.2, 0.25) is 0 Å². The number of aryl methyl sites for hydroxylation is 1. The molecule has 0 fully saturated rings. The first-order chi connectivity index (χ1) is 15.0. The molecule has 0 spiro atoms. The largest absolute Gasteiger partial charge is 0.483 e. The van der Waals surface area contributed by atoms with E-state index in [9.17, 15) is 9.59 Å². The van der Waals surface area contributed by atoms with Crippen molar-refractivity contribution in [3.63, 3.8) is 0 Å². The van der Waals surface area contributed by atoms with Gasteiger partial charge in [-0.15, -0.1) is 0 Å². The number of benzene rings is 2. The van der Waals surface area contributed by atoms with Crippen LogP contribution in [0, 0.1) is 13.8 Å². The van der Waals surface area contributed by atoms with Crippen LogP contribution in [-0.2, 0) is 9.53 Å². The van der Waals surface area contributed by atoms with Crippen LogP contribution in [-0.4, -0.2) is 36.3 Å². The molecule has 0 aliphatic carbocycles. The van der Waals surface area contributed by atoms with Gasteiger partial charge in [-0.05, 0) is 38.0 Å². The number of aromatic nitrogens is 1. The fourth-order valence-electron chi connectivity index (χ4n) is 3.21. The summed E-state index contributed by atoms with van der Waals surface area (Å²) in [5.41, 5.74) is 6.85. The van der Waals surface area contributed by atoms with Crippen molar-refractivity contribution in [2.75, 3.05) is 13.2 Å². The number of hydrogen-bond acceptors (Lipinski definition) is 5. The third-order valence-corrected chi connectivity index (χ3v) is 4.67. The quantitative estimate of drug-likeness (QED) is 0.328. The summed E-state index contributed by atoms with van der Waals surface area (Å²) in [5, 5.41) is 3.97. The van der Waals surface area contributed by atoms with Gasteiger partial charge in [-0.25, -0.2) is 10.2 Å². The van der Waals surface area contributed by atoms with Crippen LogP contribution in [0.15, 0.2) is 59.7 Å². The van der Waals surface area contributed by atoms with Crippen molar-refractivity contribution in [3.8, 4) is 16.9 Å². The maximum Gasteiger partial charge on any atom is 0.340 e. The molecule has 0 saturated heterocycles. The lowest BCUT2D eigenvalue weighted by molar-refractivity contribution is -0.123. The zero-order chi connectivity index (χ0) is 22.2. The van der Waals surface area contributed by atoms with Crippen molar-refractivity contribution in [1.29, 1.82) is 0 Å². The molecule has 0 bridgehead atoms. The molecule has 2 aromatic carbocycles. The molecule has 3 aromatic rings. The third kappa shape index (κ3) is 5.39. The van der Waals surface area contributed by atoms with E-state index in [4.69, 9.17) is 9.47 Å². The highest BCUT2D eigenvalue weighted by Gasteiger charge is 2.18. The summed E-state index contributed by atoms with van der Waals surface area (Å²) in [6.45, 7) is 5.46. The second-order valence-electron chi connectivity index (χ2n) is 6.83. The number of H-pyrrole nitrogens is 1. The number of aromatic amines is 1. The van der Waals surface area contributed by atoms with E-state index in [-0.39, 0.29) is 12.6 Å². The molecule has 1 heterocycles. The first-order valence-corrected chi connectivity index (χ1v) is 9.96. The Kier molecular flexibility index (Phi) is 7.22. The van der Waals surface area contributed by atoms with Gasteiger partial charge >= 0.3 is 5.97 Å². The van der Waals surface area contributed by atoms with E-state index in [0.717, 1.165) is 11.1 Å². The van der Waals surface area contributed by atoms with E-state index in [1.807, 2.05) is 54.6 Å². The highest BCUT2D eigenvalue weighted by atomic mass is 16.5. The van der Waals surface area contributed by atoms with Gasteiger partial charge in [0, 0.05) is 11.3 Å². The van der Waals surface area contributed by atoms with E-state index in [0.29, 0.717) is 34.9 Å². The number of para-hydroxylation sites is 1. The van der Waals surface area contributed by atoms with E-state index in [2.05, 4.69) is 15.5 Å². The molecule has 3 rings (SSSR count). The fourth-order valence-corrected chi connectivity index (χ4v) is 3.21. The maximum atomic E-state index is 12.2. The number of nitrogens with zero attached hydrogens (tertiary/aromatic N) is 1. The monoisotopic (exact) mass is 419 g/mol. The molecule has 160 valence electrons. The predicted molar refractivity (Wildman–Crippen MR) is 119 cm³/mol. The number of ether oxygens (including phenoxy) is 2. The highest BCUT2D eigenvalue weighted by molar-refractivity contribution is 5.96. The summed E-state index contributed by atoms with van der Waals surface area (Å²) in [5.74, 6) is -0.170. The molecular formula is C24H25N3O4. The maximum absolute atomic E-state index is 12.2. The number of carbonyl (C=O) groups is 2. The Balaban J connectivity index is 1.60. The van der Waals surface area contributed by atoms with Crippen LogP contribution in [0.4, 0.5) is 0 Å². The lowest BCUT2D eigenvalue weighted by Crippen LogP contribution is -2.24. The minimum atomic E-state index is -0.398. The van der Waals surface area contributed by atoms with Gasteiger partial charge in [0.1, 0.15) is 5.75 Å². The van der Waals surface area contributed by atoms with E-state index in [1.165, 1.54) is 6.21 Å². The standard InChI is InChI=1S/C24H25N3O4/c1-4-30-24(29)23-16(2)20(26-17(23)3)14-25-27-22(28)15-31-21-13-9-8-12-19(21)18-10-6-5-7-11-18/h5-14,26H,4,15H2,1-3H3,(H,27,28)/b25-14+. The number of amides is 1. The van der Waals surface area contributed by atoms with Gasteiger partial charge in [-0.3, -0.25) is 4.79 Å². The van der Waals surface area contributed by atoms with Gasteiger partial charge < -0.3 is 14.5 Å². The molecule has 7 heteroatoms. The summed E-state index contributed by atoms with van der Waals surface area (Å²) in [4.78, 5) is 27.3. The third-order valence-electron chi connectivity index (χ3n) is 4.67. The van der Waals surface area contributed by atoms with Crippen LogP contribution in [0.2, 0.25) is 0 Å². The van der Waals surface area contributed by atoms with Crippen LogP contribution >= 0.6 is 0 Å². The molecule has 31 heavy (non-hydrogen) atoms. The van der Waals surface area contributed by atoms with Crippen molar-refractivity contribution in [3.05, 3.63) is 77.1 Å². The van der Waals surface area contributed by atoms with Crippen LogP contribution in [0.1, 0.15) is 34.2 Å². The molecule has 0 saturated carbocycles. The summed E-state index contributed by atoms with van der Waals surface area (Å²) in [7, 11) is 0. The molecule has 7 nitrogen and oxygen atoms in total. The molecule has 0 radical (unpaired) electrons. The molecular weight excluding hydrogens is 394 g/mol. The second kappa shape index (κ2) is 10.2. The number of nitrogens with one attached hydrogen (secondary N) is 2. The molecule has 1 amide bonds. The highest BCUT2D eigenvalue weighted by Crippen LogP contribution is 2.29. The van der Waals surface area contributed by atoms with Crippen molar-refractivity contribution in [1.82, 2.24) is 10.4 Å². The topological polar surface area (TPSA) is 92.8 Å². The first-order valence-electron chi connectivity index (χ1n) is 9.96. The van der Waals surface area contributed by atoms with Crippen LogP contribution < -0.4 is 10.2 Å². The number of hydrazone groups is 1. The average Bonchev–Trinajstić information content (AvgIpc) is 3.06. The predicted octanol–water partition coefficient (Wildman–Crippen LogP) is 4.00. The number of carbonyl (C=O) groups excluding carboxylic acids is 2. The Labute approximate surface area is 181 Å². The molecule has 0 unspecified atom stereocenters. The molecule has 2 N–H and O–H groups in total. The van der Waals surface area contributed by atoms with E-state index >= 15 is 0 Å². The van der Waals surface area contributed by atoms with E-state index < -0.39 is 5.91 Å².